The zero-order valence-electron chi connectivity index (χ0n) is 12.4. The van der Waals surface area contributed by atoms with Crippen LogP contribution in [-0.2, 0) is 4.74 Å². The largest absolute Gasteiger partial charge is 0.381 e. The van der Waals surface area contributed by atoms with Crippen molar-refractivity contribution in [2.45, 2.75) is 59.9 Å². The molecular formula is C15H31NO. The summed E-state index contributed by atoms with van der Waals surface area (Å²) in [6.07, 6.45) is 3.91. The van der Waals surface area contributed by atoms with Crippen LogP contribution in [0.25, 0.3) is 0 Å². The Kier molecular flexibility index (Phi) is 5.94. The van der Waals surface area contributed by atoms with Gasteiger partial charge in [-0.25, -0.2) is 0 Å². The molecule has 0 aliphatic heterocycles. The molecule has 0 heterocycles. The van der Waals surface area contributed by atoms with E-state index in [0.29, 0.717) is 17.3 Å². The van der Waals surface area contributed by atoms with Gasteiger partial charge in [-0.3, -0.25) is 0 Å². The molecule has 1 saturated carbocycles. The van der Waals surface area contributed by atoms with E-state index >= 15 is 0 Å². The monoisotopic (exact) mass is 241 g/mol. The van der Waals surface area contributed by atoms with Crippen LogP contribution in [-0.4, -0.2) is 25.8 Å². The summed E-state index contributed by atoms with van der Waals surface area (Å²) in [5.74, 6) is 1.35. The van der Waals surface area contributed by atoms with Crippen LogP contribution in [0.4, 0.5) is 0 Å². The van der Waals surface area contributed by atoms with Gasteiger partial charge in [0.1, 0.15) is 0 Å². The van der Waals surface area contributed by atoms with Crippen molar-refractivity contribution in [2.75, 3.05) is 19.8 Å². The second kappa shape index (κ2) is 6.75. The smallest absolute Gasteiger partial charge is 0.0488 e. The van der Waals surface area contributed by atoms with Crippen LogP contribution in [0.15, 0.2) is 0 Å². The molecule has 0 aromatic heterocycles. The second-order valence-electron chi connectivity index (χ2n) is 6.68. The standard InChI is InChI=1S/C15H31NO/c1-12(2)10-17-9-8-15(5,13(3)4)11-16-14-6-7-14/h12-14,16H,6-11H2,1-5H3. The van der Waals surface area contributed by atoms with E-state index in [4.69, 9.17) is 4.74 Å². The molecule has 0 aromatic rings. The van der Waals surface area contributed by atoms with E-state index in [0.717, 1.165) is 32.2 Å². The molecule has 0 amide bonds. The van der Waals surface area contributed by atoms with Crippen molar-refractivity contribution in [3.63, 3.8) is 0 Å². The van der Waals surface area contributed by atoms with E-state index in [1.807, 2.05) is 0 Å². The van der Waals surface area contributed by atoms with Crippen LogP contribution in [0.5, 0.6) is 0 Å². The first-order chi connectivity index (χ1) is 7.94. The average Bonchev–Trinajstić information content (AvgIpc) is 3.05. The van der Waals surface area contributed by atoms with Gasteiger partial charge >= 0.3 is 0 Å². The third-order valence-corrected chi connectivity index (χ3v) is 4.03. The van der Waals surface area contributed by atoms with Gasteiger partial charge in [0.25, 0.3) is 0 Å². The third kappa shape index (κ3) is 5.87. The predicted molar refractivity (Wildman–Crippen MR) is 74.2 cm³/mol. The molecule has 102 valence electrons. The van der Waals surface area contributed by atoms with Crippen molar-refractivity contribution in [2.24, 2.45) is 17.3 Å². The number of hydrogen-bond acceptors (Lipinski definition) is 2. The SMILES string of the molecule is CC(C)COCCC(C)(CNC1CC1)C(C)C. The maximum absolute atomic E-state index is 5.74. The molecule has 1 atom stereocenters. The summed E-state index contributed by atoms with van der Waals surface area (Å²) in [4.78, 5) is 0. The second-order valence-corrected chi connectivity index (χ2v) is 6.68. The molecule has 17 heavy (non-hydrogen) atoms. The Morgan fingerprint density at radius 1 is 1.24 bits per heavy atom. The first-order valence-electron chi connectivity index (χ1n) is 7.25. The Hall–Kier alpha value is -0.0800. The van der Waals surface area contributed by atoms with Crippen LogP contribution >= 0.6 is 0 Å². The zero-order chi connectivity index (χ0) is 12.9. The molecule has 0 aromatic carbocycles. The number of hydrogen-bond donors (Lipinski definition) is 1. The summed E-state index contributed by atoms with van der Waals surface area (Å²) in [5, 5.41) is 3.67. The van der Waals surface area contributed by atoms with Crippen molar-refractivity contribution in [1.29, 1.82) is 0 Å². The molecule has 1 aliphatic carbocycles. The Labute approximate surface area is 108 Å². The van der Waals surface area contributed by atoms with Crippen LogP contribution in [0.2, 0.25) is 0 Å². The topological polar surface area (TPSA) is 21.3 Å². The molecule has 0 bridgehead atoms. The lowest BCUT2D eigenvalue weighted by molar-refractivity contribution is 0.0648. The molecule has 1 rings (SSSR count). The van der Waals surface area contributed by atoms with E-state index in [-0.39, 0.29) is 0 Å². The number of rotatable bonds is 9. The van der Waals surface area contributed by atoms with Gasteiger partial charge in [-0.15, -0.1) is 0 Å². The predicted octanol–water partition coefficient (Wildman–Crippen LogP) is 3.46. The average molecular weight is 241 g/mol. The molecule has 1 N–H and O–H groups in total. The van der Waals surface area contributed by atoms with E-state index in [9.17, 15) is 0 Å². The summed E-state index contributed by atoms with van der Waals surface area (Å²) < 4.78 is 5.74. The minimum absolute atomic E-state index is 0.375. The van der Waals surface area contributed by atoms with Crippen LogP contribution in [0.3, 0.4) is 0 Å². The van der Waals surface area contributed by atoms with Crippen molar-refractivity contribution in [1.82, 2.24) is 5.32 Å². The fourth-order valence-electron chi connectivity index (χ4n) is 1.87. The molecule has 1 fully saturated rings. The summed E-state index contributed by atoms with van der Waals surface area (Å²) in [7, 11) is 0. The molecular weight excluding hydrogens is 210 g/mol. The minimum Gasteiger partial charge on any atom is -0.381 e. The first-order valence-corrected chi connectivity index (χ1v) is 7.25. The van der Waals surface area contributed by atoms with Gasteiger partial charge in [-0.05, 0) is 36.5 Å². The summed E-state index contributed by atoms with van der Waals surface area (Å²) >= 11 is 0. The van der Waals surface area contributed by atoms with Gasteiger partial charge in [-0.2, -0.15) is 0 Å². The first kappa shape index (κ1) is 15.0. The molecule has 1 unspecified atom stereocenters. The van der Waals surface area contributed by atoms with E-state index < -0.39 is 0 Å². The molecule has 0 spiro atoms. The lowest BCUT2D eigenvalue weighted by Crippen LogP contribution is -2.38. The summed E-state index contributed by atoms with van der Waals surface area (Å²) in [6.45, 7) is 14.4. The highest BCUT2D eigenvalue weighted by Gasteiger charge is 2.31. The Morgan fingerprint density at radius 2 is 1.88 bits per heavy atom. The molecule has 2 nitrogen and oxygen atoms in total. The number of ether oxygens (including phenoxy) is 1. The van der Waals surface area contributed by atoms with Crippen molar-refractivity contribution < 1.29 is 4.74 Å². The van der Waals surface area contributed by atoms with Crippen LogP contribution in [0.1, 0.15) is 53.9 Å². The lowest BCUT2D eigenvalue weighted by Gasteiger charge is -2.34. The van der Waals surface area contributed by atoms with Gasteiger partial charge in [0.15, 0.2) is 0 Å². The maximum atomic E-state index is 5.74. The molecule has 2 heteroatoms. The van der Waals surface area contributed by atoms with Crippen molar-refractivity contribution in [3.05, 3.63) is 0 Å². The van der Waals surface area contributed by atoms with Gasteiger partial charge in [0.2, 0.25) is 0 Å². The fraction of sp³-hybridized carbons (Fsp3) is 1.00. The van der Waals surface area contributed by atoms with Crippen LogP contribution < -0.4 is 5.32 Å². The van der Waals surface area contributed by atoms with Crippen molar-refractivity contribution >= 4 is 0 Å². The normalized spacial score (nSPS) is 19.9. The molecule has 0 radical (unpaired) electrons. The van der Waals surface area contributed by atoms with Gasteiger partial charge < -0.3 is 10.1 Å². The van der Waals surface area contributed by atoms with E-state index in [1.54, 1.807) is 0 Å². The Balaban J connectivity index is 2.24. The molecule has 1 aliphatic rings. The van der Waals surface area contributed by atoms with Gasteiger partial charge in [0, 0.05) is 25.8 Å². The number of nitrogens with one attached hydrogen (secondary N) is 1. The highest BCUT2D eigenvalue weighted by Crippen LogP contribution is 2.31. The Bertz CT molecular complexity index is 211. The van der Waals surface area contributed by atoms with E-state index in [2.05, 4.69) is 39.9 Å². The fourth-order valence-corrected chi connectivity index (χ4v) is 1.87. The maximum Gasteiger partial charge on any atom is 0.0488 e. The van der Waals surface area contributed by atoms with Gasteiger partial charge in [-0.1, -0.05) is 34.6 Å². The highest BCUT2D eigenvalue weighted by atomic mass is 16.5. The quantitative estimate of drug-likeness (QED) is 0.624. The Morgan fingerprint density at radius 3 is 2.35 bits per heavy atom. The van der Waals surface area contributed by atoms with Gasteiger partial charge in [0.05, 0.1) is 0 Å². The van der Waals surface area contributed by atoms with Crippen molar-refractivity contribution in [3.8, 4) is 0 Å². The third-order valence-electron chi connectivity index (χ3n) is 4.03. The summed E-state index contributed by atoms with van der Waals surface area (Å²) in [5.41, 5.74) is 0.375. The van der Waals surface area contributed by atoms with Crippen LogP contribution in [0, 0.1) is 17.3 Å². The van der Waals surface area contributed by atoms with E-state index in [1.165, 1.54) is 12.8 Å². The zero-order valence-corrected chi connectivity index (χ0v) is 12.4. The minimum atomic E-state index is 0.375. The highest BCUT2D eigenvalue weighted by molar-refractivity contribution is 4.87. The molecule has 0 saturated heterocycles. The lowest BCUT2D eigenvalue weighted by atomic mass is 9.76. The summed E-state index contributed by atoms with van der Waals surface area (Å²) in [6, 6.07) is 0.810.